The molecule has 0 aromatic heterocycles. The van der Waals surface area contributed by atoms with Gasteiger partial charge in [-0.1, -0.05) is 60.7 Å². The minimum atomic E-state index is -0.856. The summed E-state index contributed by atoms with van der Waals surface area (Å²) in [6.07, 6.45) is 0.669. The fraction of sp³-hybridized carbons (Fsp3) is 0.136. The van der Waals surface area contributed by atoms with Gasteiger partial charge < -0.3 is 5.32 Å². The summed E-state index contributed by atoms with van der Waals surface area (Å²) < 4.78 is 26.7. The maximum Gasteiger partial charge on any atom is 0.254 e. The van der Waals surface area contributed by atoms with Crippen LogP contribution < -0.4 is 5.32 Å². The van der Waals surface area contributed by atoms with E-state index in [1.54, 1.807) is 0 Å². The number of hydrogen-bond donors (Lipinski definition) is 1. The van der Waals surface area contributed by atoms with E-state index in [-0.39, 0.29) is 11.5 Å². The minimum Gasteiger partial charge on any atom is -0.352 e. The van der Waals surface area contributed by atoms with E-state index in [0.717, 1.165) is 23.3 Å². The van der Waals surface area contributed by atoms with Crippen LogP contribution in [0.15, 0.2) is 78.9 Å². The van der Waals surface area contributed by atoms with Crippen molar-refractivity contribution < 1.29 is 13.6 Å². The molecule has 26 heavy (non-hydrogen) atoms. The Morgan fingerprint density at radius 1 is 0.846 bits per heavy atom. The third-order valence-electron chi connectivity index (χ3n) is 4.30. The molecular weight excluding hydrogens is 332 g/mol. The second-order valence-electron chi connectivity index (χ2n) is 6.04. The first kappa shape index (κ1) is 17.8. The van der Waals surface area contributed by atoms with Crippen molar-refractivity contribution in [1.29, 1.82) is 0 Å². The van der Waals surface area contributed by atoms with E-state index in [1.165, 1.54) is 0 Å². The molecule has 0 aliphatic heterocycles. The van der Waals surface area contributed by atoms with Gasteiger partial charge in [0.05, 0.1) is 5.56 Å². The lowest BCUT2D eigenvalue weighted by Crippen LogP contribution is -2.26. The summed E-state index contributed by atoms with van der Waals surface area (Å²) in [5, 5.41) is 2.73. The molecule has 4 heteroatoms. The minimum absolute atomic E-state index is 0.121. The van der Waals surface area contributed by atoms with Crippen LogP contribution in [0.1, 0.15) is 33.8 Å². The van der Waals surface area contributed by atoms with Gasteiger partial charge in [-0.15, -0.1) is 0 Å². The summed E-state index contributed by atoms with van der Waals surface area (Å²) in [4.78, 5) is 12.2. The summed E-state index contributed by atoms with van der Waals surface area (Å²) in [7, 11) is 0. The van der Waals surface area contributed by atoms with Crippen molar-refractivity contribution in [2.75, 3.05) is 6.54 Å². The third kappa shape index (κ3) is 4.33. The zero-order valence-electron chi connectivity index (χ0n) is 14.2. The van der Waals surface area contributed by atoms with Crippen molar-refractivity contribution >= 4 is 5.91 Å². The fourth-order valence-electron chi connectivity index (χ4n) is 3.00. The first-order valence-corrected chi connectivity index (χ1v) is 8.48. The first-order chi connectivity index (χ1) is 12.6. The zero-order chi connectivity index (χ0) is 18.4. The Hall–Kier alpha value is -3.01. The standard InChI is InChI=1S/C22H19F2NO/c23-18-11-12-20(21(24)15-18)22(26)25-14-13-19(16-7-3-1-4-8-16)17-9-5-2-6-10-17/h1-12,15,19H,13-14H2,(H,25,26). The van der Waals surface area contributed by atoms with Crippen molar-refractivity contribution in [3.8, 4) is 0 Å². The molecule has 2 nitrogen and oxygen atoms in total. The molecule has 3 rings (SSSR count). The van der Waals surface area contributed by atoms with Crippen LogP contribution in [-0.4, -0.2) is 12.5 Å². The zero-order valence-corrected chi connectivity index (χ0v) is 14.2. The average molecular weight is 351 g/mol. The molecule has 0 spiro atoms. The van der Waals surface area contributed by atoms with E-state index < -0.39 is 17.5 Å². The van der Waals surface area contributed by atoms with Crippen molar-refractivity contribution in [1.82, 2.24) is 5.32 Å². The summed E-state index contributed by atoms with van der Waals surface area (Å²) in [5.41, 5.74) is 2.16. The predicted octanol–water partition coefficient (Wildman–Crippen LogP) is 4.92. The number of amides is 1. The number of carbonyl (C=O) groups excluding carboxylic acids is 1. The van der Waals surface area contributed by atoms with Crippen LogP contribution in [0, 0.1) is 11.6 Å². The van der Waals surface area contributed by atoms with E-state index in [4.69, 9.17) is 0 Å². The molecule has 1 N–H and O–H groups in total. The number of hydrogen-bond acceptors (Lipinski definition) is 1. The van der Waals surface area contributed by atoms with Crippen LogP contribution >= 0.6 is 0 Å². The molecule has 0 aliphatic rings. The molecule has 0 fully saturated rings. The molecule has 3 aromatic carbocycles. The van der Waals surface area contributed by atoms with Crippen molar-refractivity contribution in [3.05, 3.63) is 107 Å². The summed E-state index contributed by atoms with van der Waals surface area (Å²) in [6, 6.07) is 23.0. The Bertz CT molecular complexity index is 826. The highest BCUT2D eigenvalue weighted by molar-refractivity contribution is 5.94. The van der Waals surface area contributed by atoms with E-state index in [9.17, 15) is 13.6 Å². The van der Waals surface area contributed by atoms with Crippen LogP contribution in [0.4, 0.5) is 8.78 Å². The molecule has 1 amide bonds. The van der Waals surface area contributed by atoms with Crippen molar-refractivity contribution in [2.24, 2.45) is 0 Å². The Balaban J connectivity index is 1.69. The lowest BCUT2D eigenvalue weighted by atomic mass is 9.88. The number of nitrogens with one attached hydrogen (secondary N) is 1. The normalized spacial score (nSPS) is 10.7. The highest BCUT2D eigenvalue weighted by Crippen LogP contribution is 2.27. The van der Waals surface area contributed by atoms with Gasteiger partial charge in [0.1, 0.15) is 11.6 Å². The van der Waals surface area contributed by atoms with Crippen LogP contribution in [0.3, 0.4) is 0 Å². The Labute approximate surface area is 151 Å². The van der Waals surface area contributed by atoms with Crippen LogP contribution in [0.25, 0.3) is 0 Å². The maximum atomic E-state index is 13.7. The van der Waals surface area contributed by atoms with Gasteiger partial charge in [0, 0.05) is 18.5 Å². The molecule has 0 heterocycles. The van der Waals surface area contributed by atoms with E-state index in [0.29, 0.717) is 19.0 Å². The molecule has 3 aromatic rings. The summed E-state index contributed by atoms with van der Waals surface area (Å²) in [5.74, 6) is -1.98. The van der Waals surface area contributed by atoms with Crippen molar-refractivity contribution in [3.63, 3.8) is 0 Å². The maximum absolute atomic E-state index is 13.7. The molecule has 0 atom stereocenters. The van der Waals surface area contributed by atoms with Gasteiger partial charge in [-0.2, -0.15) is 0 Å². The van der Waals surface area contributed by atoms with Gasteiger partial charge in [0.15, 0.2) is 0 Å². The van der Waals surface area contributed by atoms with Gasteiger partial charge >= 0.3 is 0 Å². The topological polar surface area (TPSA) is 29.1 Å². The third-order valence-corrected chi connectivity index (χ3v) is 4.30. The van der Waals surface area contributed by atoms with Crippen LogP contribution in [-0.2, 0) is 0 Å². The van der Waals surface area contributed by atoms with Crippen molar-refractivity contribution in [2.45, 2.75) is 12.3 Å². The summed E-state index contributed by atoms with van der Waals surface area (Å²) >= 11 is 0. The fourth-order valence-corrected chi connectivity index (χ4v) is 3.00. The summed E-state index contributed by atoms with van der Waals surface area (Å²) in [6.45, 7) is 0.379. The Morgan fingerprint density at radius 3 is 1.96 bits per heavy atom. The van der Waals surface area contributed by atoms with E-state index >= 15 is 0 Å². The second kappa shape index (κ2) is 8.39. The molecule has 0 saturated heterocycles. The Kier molecular flexibility index (Phi) is 5.74. The quantitative estimate of drug-likeness (QED) is 0.671. The SMILES string of the molecule is O=C(NCCC(c1ccccc1)c1ccccc1)c1ccc(F)cc1F. The second-order valence-corrected chi connectivity index (χ2v) is 6.04. The Morgan fingerprint density at radius 2 is 1.42 bits per heavy atom. The predicted molar refractivity (Wildman–Crippen MR) is 98.0 cm³/mol. The lowest BCUT2D eigenvalue weighted by molar-refractivity contribution is 0.0948. The van der Waals surface area contributed by atoms with Gasteiger partial charge in [0.25, 0.3) is 5.91 Å². The molecule has 132 valence electrons. The number of rotatable bonds is 6. The van der Waals surface area contributed by atoms with E-state index in [1.807, 2.05) is 36.4 Å². The molecule has 0 radical (unpaired) electrons. The molecule has 0 bridgehead atoms. The largest absolute Gasteiger partial charge is 0.352 e. The van der Waals surface area contributed by atoms with Gasteiger partial charge in [-0.05, 0) is 29.7 Å². The van der Waals surface area contributed by atoms with Gasteiger partial charge in [-0.25, -0.2) is 8.78 Å². The number of carbonyl (C=O) groups is 1. The van der Waals surface area contributed by atoms with Gasteiger partial charge in [-0.3, -0.25) is 4.79 Å². The number of halogens is 2. The molecule has 0 saturated carbocycles. The van der Waals surface area contributed by atoms with Gasteiger partial charge in [0.2, 0.25) is 0 Å². The highest BCUT2D eigenvalue weighted by Gasteiger charge is 2.16. The monoisotopic (exact) mass is 351 g/mol. The average Bonchev–Trinajstić information content (AvgIpc) is 2.66. The highest BCUT2D eigenvalue weighted by atomic mass is 19.1. The molecule has 0 aliphatic carbocycles. The molecule has 0 unspecified atom stereocenters. The lowest BCUT2D eigenvalue weighted by Gasteiger charge is -2.18. The van der Waals surface area contributed by atoms with Crippen LogP contribution in [0.5, 0.6) is 0 Å². The smallest absolute Gasteiger partial charge is 0.254 e. The number of benzene rings is 3. The molecular formula is C22H19F2NO. The van der Waals surface area contributed by atoms with E-state index in [2.05, 4.69) is 29.6 Å². The van der Waals surface area contributed by atoms with Crippen LogP contribution in [0.2, 0.25) is 0 Å². The first-order valence-electron chi connectivity index (χ1n) is 8.48.